The van der Waals surface area contributed by atoms with Gasteiger partial charge in [0, 0.05) is 46.6 Å². The number of nitrogens with zero attached hydrogens (tertiary/aromatic N) is 2. The van der Waals surface area contributed by atoms with Crippen molar-refractivity contribution in [3.63, 3.8) is 0 Å². The first-order chi connectivity index (χ1) is 18.8. The molecule has 4 rings (SSSR count). The zero-order chi connectivity index (χ0) is 27.9. The van der Waals surface area contributed by atoms with Crippen molar-refractivity contribution in [1.29, 1.82) is 0 Å². The number of carboxylic acids is 1. The fraction of sp³-hybridized carbons (Fsp3) is 0.0741. The maximum absolute atomic E-state index is 12.5. The summed E-state index contributed by atoms with van der Waals surface area (Å²) < 4.78 is 0. The Morgan fingerprint density at radius 2 is 1.79 bits per heavy atom. The third kappa shape index (κ3) is 6.67. The molecule has 2 aromatic heterocycles. The molecule has 0 fully saturated rings. The van der Waals surface area contributed by atoms with E-state index in [2.05, 4.69) is 37.5 Å². The van der Waals surface area contributed by atoms with Gasteiger partial charge in [-0.05, 0) is 54.2 Å². The summed E-state index contributed by atoms with van der Waals surface area (Å²) in [4.78, 5) is 46.4. The monoisotopic (exact) mass is 562 g/mol. The number of halogens is 2. The topological polar surface area (TPSA) is 159 Å². The molecule has 10 nitrogen and oxygen atoms in total. The van der Waals surface area contributed by atoms with Crippen LogP contribution < -0.4 is 21.4 Å². The van der Waals surface area contributed by atoms with E-state index in [9.17, 15) is 14.4 Å². The molecule has 0 aliphatic carbocycles. The average Bonchev–Trinajstić information content (AvgIpc) is 2.94. The first-order valence-electron chi connectivity index (χ1n) is 11.4. The molecular formula is C27H20Cl2N6O4. The van der Waals surface area contributed by atoms with Gasteiger partial charge < -0.3 is 16.2 Å². The standard InChI is InChI=1S/C27H20Cl2N6O4/c28-21-11-18(25(36)32-14-22(30)27(38)39)8-7-16(21)4-1-15-2-5-17(6-3-15)24-12-19(26(37)34-35-29)20-13-31-10-9-23(20)33-24/h2-3,5-13,22,35H,14,30H2,(H,32,36)(H,34,37)(H,38,39). The molecule has 196 valence electrons. The number of nitrogens with one attached hydrogen (secondary N) is 3. The van der Waals surface area contributed by atoms with E-state index in [0.717, 1.165) is 5.56 Å². The lowest BCUT2D eigenvalue weighted by Crippen LogP contribution is -2.42. The Bertz CT molecular complexity index is 1630. The molecule has 2 aromatic carbocycles. The molecule has 2 heterocycles. The van der Waals surface area contributed by atoms with E-state index in [-0.39, 0.29) is 17.1 Å². The number of hydrogen-bond acceptors (Lipinski definition) is 7. The molecule has 0 saturated heterocycles. The van der Waals surface area contributed by atoms with Gasteiger partial charge in [-0.25, -0.2) is 4.98 Å². The van der Waals surface area contributed by atoms with Crippen LogP contribution in [0.3, 0.4) is 0 Å². The smallest absolute Gasteiger partial charge is 0.322 e. The van der Waals surface area contributed by atoms with E-state index < -0.39 is 23.8 Å². The van der Waals surface area contributed by atoms with Crippen LogP contribution in [0.25, 0.3) is 22.2 Å². The van der Waals surface area contributed by atoms with E-state index in [4.69, 9.17) is 34.2 Å². The lowest BCUT2D eigenvalue weighted by Gasteiger charge is -2.09. The highest BCUT2D eigenvalue weighted by Crippen LogP contribution is 2.25. The van der Waals surface area contributed by atoms with Gasteiger partial charge in [0.1, 0.15) is 6.04 Å². The van der Waals surface area contributed by atoms with Gasteiger partial charge in [0.25, 0.3) is 11.8 Å². The van der Waals surface area contributed by atoms with Crippen molar-refractivity contribution in [2.45, 2.75) is 6.04 Å². The number of pyridine rings is 2. The number of rotatable bonds is 7. The Balaban J connectivity index is 1.52. The van der Waals surface area contributed by atoms with Gasteiger partial charge in [-0.1, -0.05) is 35.6 Å². The zero-order valence-electron chi connectivity index (χ0n) is 20.0. The predicted molar refractivity (Wildman–Crippen MR) is 147 cm³/mol. The Morgan fingerprint density at radius 3 is 2.49 bits per heavy atom. The molecule has 0 spiro atoms. The summed E-state index contributed by atoms with van der Waals surface area (Å²) in [5.74, 6) is 3.86. The molecule has 0 radical (unpaired) electrons. The van der Waals surface area contributed by atoms with E-state index in [1.165, 1.54) is 12.1 Å². The van der Waals surface area contributed by atoms with Gasteiger partial charge in [-0.3, -0.25) is 24.8 Å². The van der Waals surface area contributed by atoms with Crippen LogP contribution in [0.5, 0.6) is 0 Å². The van der Waals surface area contributed by atoms with E-state index in [1.54, 1.807) is 30.6 Å². The number of carboxylic acid groups (broad SMARTS) is 1. The molecule has 0 bridgehead atoms. The molecule has 1 atom stereocenters. The summed E-state index contributed by atoms with van der Waals surface area (Å²) in [6, 6.07) is 14.0. The maximum atomic E-state index is 12.5. The molecule has 12 heteroatoms. The average molecular weight is 563 g/mol. The van der Waals surface area contributed by atoms with Crippen LogP contribution in [0, 0.1) is 11.8 Å². The van der Waals surface area contributed by atoms with Crippen LogP contribution in [-0.4, -0.2) is 45.4 Å². The molecule has 4 aromatic rings. The normalized spacial score (nSPS) is 11.3. The van der Waals surface area contributed by atoms with E-state index in [0.29, 0.717) is 33.3 Å². The number of fused-ring (bicyclic) bond motifs is 1. The second kappa shape index (κ2) is 12.3. The number of carbonyl (C=O) groups is 3. The number of hydrogen-bond donors (Lipinski definition) is 5. The second-order valence-corrected chi connectivity index (χ2v) is 8.77. The highest BCUT2D eigenvalue weighted by atomic mass is 35.5. The molecule has 0 aliphatic heterocycles. The van der Waals surface area contributed by atoms with Gasteiger partial charge in [0.05, 0.1) is 21.8 Å². The third-order valence-electron chi connectivity index (χ3n) is 5.57. The summed E-state index contributed by atoms with van der Waals surface area (Å²) in [7, 11) is 0. The third-order valence-corrected chi connectivity index (χ3v) is 5.98. The second-order valence-electron chi connectivity index (χ2n) is 8.17. The van der Waals surface area contributed by atoms with E-state index >= 15 is 0 Å². The Morgan fingerprint density at radius 1 is 1.03 bits per heavy atom. The SMILES string of the molecule is NC(CNC(=O)c1ccc(C#Cc2ccc(-c3cc(C(=O)NNCl)c4cnccc4n3)cc2)c(Cl)c1)C(=O)O. The number of amides is 2. The molecule has 6 N–H and O–H groups in total. The first kappa shape index (κ1) is 27.5. The first-order valence-corrected chi connectivity index (χ1v) is 12.1. The molecule has 1 unspecified atom stereocenters. The van der Waals surface area contributed by atoms with Crippen molar-refractivity contribution in [2.75, 3.05) is 6.54 Å². The minimum Gasteiger partial charge on any atom is -0.480 e. The Labute approximate surface area is 232 Å². The van der Waals surface area contributed by atoms with Crippen LogP contribution in [0.1, 0.15) is 31.8 Å². The van der Waals surface area contributed by atoms with Crippen molar-refractivity contribution in [1.82, 2.24) is 25.7 Å². The van der Waals surface area contributed by atoms with Gasteiger partial charge >= 0.3 is 5.97 Å². The van der Waals surface area contributed by atoms with E-state index in [1.807, 2.05) is 24.3 Å². The number of aliphatic carboxylic acids is 1. The van der Waals surface area contributed by atoms with Crippen molar-refractivity contribution in [3.05, 3.63) is 94.3 Å². The van der Waals surface area contributed by atoms with Gasteiger partial charge in [-0.2, -0.15) is 0 Å². The Hall–Kier alpha value is -4.53. The van der Waals surface area contributed by atoms with Crippen LogP contribution in [0.15, 0.2) is 67.0 Å². The van der Waals surface area contributed by atoms with Crippen molar-refractivity contribution in [2.24, 2.45) is 5.73 Å². The summed E-state index contributed by atoms with van der Waals surface area (Å²) in [5, 5.41) is 12.1. The number of hydrazine groups is 1. The van der Waals surface area contributed by atoms with Crippen molar-refractivity contribution < 1.29 is 19.5 Å². The molecule has 0 aliphatic rings. The minimum atomic E-state index is -1.21. The lowest BCUT2D eigenvalue weighted by atomic mass is 10.0. The molecular weight excluding hydrogens is 543 g/mol. The number of aromatic nitrogens is 2. The summed E-state index contributed by atoms with van der Waals surface area (Å²) in [6.45, 7) is -0.214. The van der Waals surface area contributed by atoms with Crippen molar-refractivity contribution >= 4 is 52.1 Å². The van der Waals surface area contributed by atoms with Crippen LogP contribution in [0.4, 0.5) is 0 Å². The molecule has 0 saturated carbocycles. The van der Waals surface area contributed by atoms with Gasteiger partial charge in [0.2, 0.25) is 0 Å². The maximum Gasteiger partial charge on any atom is 0.322 e. The van der Waals surface area contributed by atoms with Crippen molar-refractivity contribution in [3.8, 4) is 23.1 Å². The summed E-state index contributed by atoms with van der Waals surface area (Å²) >= 11 is 11.7. The number of nitrogens with two attached hydrogens (primary N) is 1. The predicted octanol–water partition coefficient (Wildman–Crippen LogP) is 2.88. The lowest BCUT2D eigenvalue weighted by molar-refractivity contribution is -0.138. The summed E-state index contributed by atoms with van der Waals surface area (Å²) in [5.41, 5.74) is 11.5. The minimum absolute atomic E-state index is 0.214. The number of carbonyl (C=O) groups excluding carboxylic acids is 2. The number of benzene rings is 2. The zero-order valence-corrected chi connectivity index (χ0v) is 21.5. The van der Waals surface area contributed by atoms with Gasteiger partial charge in [0.15, 0.2) is 0 Å². The van der Waals surface area contributed by atoms with Crippen LogP contribution >= 0.6 is 23.4 Å². The largest absolute Gasteiger partial charge is 0.480 e. The fourth-order valence-electron chi connectivity index (χ4n) is 3.53. The Kier molecular flexibility index (Phi) is 8.70. The van der Waals surface area contributed by atoms with Crippen LogP contribution in [0.2, 0.25) is 5.02 Å². The molecule has 39 heavy (non-hydrogen) atoms. The quantitative estimate of drug-likeness (QED) is 0.130. The molecule has 2 amide bonds. The van der Waals surface area contributed by atoms with Gasteiger partial charge in [-0.15, -0.1) is 4.94 Å². The highest BCUT2D eigenvalue weighted by Gasteiger charge is 2.15. The highest BCUT2D eigenvalue weighted by molar-refractivity contribution is 6.32. The summed E-state index contributed by atoms with van der Waals surface area (Å²) in [6.07, 6.45) is 3.16. The fourth-order valence-corrected chi connectivity index (χ4v) is 3.84. The van der Waals surface area contributed by atoms with Crippen LogP contribution in [-0.2, 0) is 4.79 Å².